The summed E-state index contributed by atoms with van der Waals surface area (Å²) in [5.74, 6) is 0.540. The molecule has 0 radical (unpaired) electrons. The maximum absolute atomic E-state index is 4.39. The minimum Gasteiger partial charge on any atom is -0.316 e. The maximum Gasteiger partial charge on any atom is 0.0682 e. The van der Waals surface area contributed by atoms with Gasteiger partial charge in [-0.15, -0.1) is 0 Å². The maximum atomic E-state index is 4.39. The molecule has 0 bridgehead atoms. The Bertz CT molecular complexity index is 288. The Kier molecular flexibility index (Phi) is 2.36. The first-order valence-corrected chi connectivity index (χ1v) is 5.05. The molecular weight excluding hydrogens is 162 g/mol. The molecule has 0 atom stereocenters. The zero-order valence-corrected chi connectivity index (χ0v) is 8.35. The van der Waals surface area contributed by atoms with Crippen molar-refractivity contribution in [3.63, 3.8) is 0 Å². The van der Waals surface area contributed by atoms with Crippen LogP contribution < -0.4 is 5.32 Å². The molecule has 1 aromatic heterocycles. The molecule has 1 aliphatic rings. The number of fused-ring (bicyclic) bond motifs is 1. The predicted molar refractivity (Wildman–Crippen MR) is 53.0 cm³/mol. The van der Waals surface area contributed by atoms with Crippen LogP contribution in [0.1, 0.15) is 36.7 Å². The predicted octanol–water partition coefficient (Wildman–Crippen LogP) is 1.22. The number of aromatic amines is 1. The molecule has 3 heteroatoms. The summed E-state index contributed by atoms with van der Waals surface area (Å²) in [7, 11) is 0. The fourth-order valence-corrected chi connectivity index (χ4v) is 1.93. The molecule has 0 saturated carbocycles. The van der Waals surface area contributed by atoms with Crippen molar-refractivity contribution in [1.82, 2.24) is 15.5 Å². The first-order valence-electron chi connectivity index (χ1n) is 5.05. The third-order valence-corrected chi connectivity index (χ3v) is 2.64. The van der Waals surface area contributed by atoms with Gasteiger partial charge in [-0.1, -0.05) is 13.8 Å². The molecule has 1 aromatic rings. The highest BCUT2D eigenvalue weighted by molar-refractivity contribution is 5.29. The summed E-state index contributed by atoms with van der Waals surface area (Å²) in [4.78, 5) is 0. The van der Waals surface area contributed by atoms with Crippen molar-refractivity contribution in [3.05, 3.63) is 17.0 Å². The molecule has 0 amide bonds. The summed E-state index contributed by atoms with van der Waals surface area (Å²) in [6.45, 7) is 6.57. The van der Waals surface area contributed by atoms with Crippen LogP contribution in [-0.2, 0) is 12.8 Å². The smallest absolute Gasteiger partial charge is 0.0682 e. The van der Waals surface area contributed by atoms with E-state index in [-0.39, 0.29) is 0 Å². The number of rotatable bonds is 1. The molecule has 13 heavy (non-hydrogen) atoms. The van der Waals surface area contributed by atoms with Crippen molar-refractivity contribution in [2.75, 3.05) is 13.1 Å². The molecule has 0 spiro atoms. The second-order valence-electron chi connectivity index (χ2n) is 3.97. The van der Waals surface area contributed by atoms with E-state index in [0.717, 1.165) is 25.9 Å². The van der Waals surface area contributed by atoms with Crippen molar-refractivity contribution in [2.45, 2.75) is 32.6 Å². The lowest BCUT2D eigenvalue weighted by molar-refractivity contribution is 0.694. The summed E-state index contributed by atoms with van der Waals surface area (Å²) in [6, 6.07) is 0. The van der Waals surface area contributed by atoms with Gasteiger partial charge in [0.2, 0.25) is 0 Å². The highest BCUT2D eigenvalue weighted by Crippen LogP contribution is 2.21. The van der Waals surface area contributed by atoms with Crippen LogP contribution in [0.4, 0.5) is 0 Å². The second-order valence-corrected chi connectivity index (χ2v) is 3.97. The molecule has 0 unspecified atom stereocenters. The quantitative estimate of drug-likeness (QED) is 0.680. The Morgan fingerprint density at radius 2 is 2.00 bits per heavy atom. The minimum atomic E-state index is 0.540. The fraction of sp³-hybridized carbons (Fsp3) is 0.700. The Labute approximate surface area is 78.9 Å². The van der Waals surface area contributed by atoms with Gasteiger partial charge in [0.05, 0.1) is 5.69 Å². The molecule has 0 aromatic carbocycles. The monoisotopic (exact) mass is 179 g/mol. The van der Waals surface area contributed by atoms with E-state index in [0.29, 0.717) is 5.92 Å². The van der Waals surface area contributed by atoms with Crippen molar-refractivity contribution in [2.24, 2.45) is 0 Å². The standard InChI is InChI=1S/C10H17N3/c1-7(2)10-8-3-5-11-6-4-9(8)12-13-10/h7,11H,3-6H2,1-2H3,(H,12,13). The summed E-state index contributed by atoms with van der Waals surface area (Å²) in [5.41, 5.74) is 4.06. The van der Waals surface area contributed by atoms with Crippen LogP contribution in [0.3, 0.4) is 0 Å². The lowest BCUT2D eigenvalue weighted by Crippen LogP contribution is -2.16. The van der Waals surface area contributed by atoms with Gasteiger partial charge in [-0.05, 0) is 24.4 Å². The van der Waals surface area contributed by atoms with Crippen molar-refractivity contribution in [1.29, 1.82) is 0 Å². The molecule has 0 fully saturated rings. The zero-order valence-electron chi connectivity index (χ0n) is 8.35. The van der Waals surface area contributed by atoms with Crippen molar-refractivity contribution in [3.8, 4) is 0 Å². The molecule has 0 saturated heterocycles. The van der Waals surface area contributed by atoms with Gasteiger partial charge < -0.3 is 5.32 Å². The third kappa shape index (κ3) is 1.61. The van der Waals surface area contributed by atoms with E-state index in [4.69, 9.17) is 0 Å². The molecule has 2 rings (SSSR count). The average molecular weight is 179 g/mol. The van der Waals surface area contributed by atoms with Crippen LogP contribution in [0.25, 0.3) is 0 Å². The van der Waals surface area contributed by atoms with E-state index in [1.54, 1.807) is 0 Å². The number of nitrogens with one attached hydrogen (secondary N) is 2. The fourth-order valence-electron chi connectivity index (χ4n) is 1.93. The molecule has 2 N–H and O–H groups in total. The van der Waals surface area contributed by atoms with Gasteiger partial charge in [0.1, 0.15) is 0 Å². The molecule has 1 aliphatic heterocycles. The number of aromatic nitrogens is 2. The average Bonchev–Trinajstić information content (AvgIpc) is 2.36. The van der Waals surface area contributed by atoms with Gasteiger partial charge >= 0.3 is 0 Å². The Balaban J connectivity index is 2.34. The normalized spacial score (nSPS) is 17.2. The van der Waals surface area contributed by atoms with E-state index in [2.05, 4.69) is 29.4 Å². The van der Waals surface area contributed by atoms with Crippen molar-refractivity contribution < 1.29 is 0 Å². The summed E-state index contributed by atoms with van der Waals surface area (Å²) < 4.78 is 0. The van der Waals surface area contributed by atoms with Crippen molar-refractivity contribution >= 4 is 0 Å². The number of hydrogen-bond acceptors (Lipinski definition) is 2. The number of H-pyrrole nitrogens is 1. The van der Waals surface area contributed by atoms with Gasteiger partial charge in [0, 0.05) is 18.7 Å². The van der Waals surface area contributed by atoms with Crippen LogP contribution in [-0.4, -0.2) is 23.3 Å². The zero-order chi connectivity index (χ0) is 9.26. The molecule has 0 aliphatic carbocycles. The Morgan fingerprint density at radius 1 is 1.23 bits per heavy atom. The lowest BCUT2D eigenvalue weighted by atomic mass is 10.0. The second kappa shape index (κ2) is 3.50. The van der Waals surface area contributed by atoms with E-state index in [9.17, 15) is 0 Å². The Morgan fingerprint density at radius 3 is 2.77 bits per heavy atom. The van der Waals surface area contributed by atoms with Crippen LogP contribution >= 0.6 is 0 Å². The number of nitrogens with zero attached hydrogens (tertiary/aromatic N) is 1. The van der Waals surface area contributed by atoms with Crippen LogP contribution in [0.15, 0.2) is 0 Å². The van der Waals surface area contributed by atoms with Gasteiger partial charge in [-0.3, -0.25) is 5.10 Å². The van der Waals surface area contributed by atoms with Gasteiger partial charge in [0.15, 0.2) is 0 Å². The SMILES string of the molecule is CC(C)c1n[nH]c2c1CCNCC2. The van der Waals surface area contributed by atoms with E-state index in [1.165, 1.54) is 17.0 Å². The van der Waals surface area contributed by atoms with Gasteiger partial charge in [-0.2, -0.15) is 5.10 Å². The van der Waals surface area contributed by atoms with Crippen LogP contribution in [0, 0.1) is 0 Å². The largest absolute Gasteiger partial charge is 0.316 e. The van der Waals surface area contributed by atoms with E-state index < -0.39 is 0 Å². The highest BCUT2D eigenvalue weighted by atomic mass is 15.1. The lowest BCUT2D eigenvalue weighted by Gasteiger charge is -2.04. The van der Waals surface area contributed by atoms with Gasteiger partial charge in [-0.25, -0.2) is 0 Å². The van der Waals surface area contributed by atoms with Gasteiger partial charge in [0.25, 0.3) is 0 Å². The number of hydrogen-bond donors (Lipinski definition) is 2. The molecule has 3 nitrogen and oxygen atoms in total. The molecule has 72 valence electrons. The first kappa shape index (κ1) is 8.75. The summed E-state index contributed by atoms with van der Waals surface area (Å²) >= 11 is 0. The Hall–Kier alpha value is -0.830. The van der Waals surface area contributed by atoms with E-state index >= 15 is 0 Å². The summed E-state index contributed by atoms with van der Waals surface area (Å²) in [6.07, 6.45) is 2.22. The third-order valence-electron chi connectivity index (χ3n) is 2.64. The molecular formula is C10H17N3. The summed E-state index contributed by atoms with van der Waals surface area (Å²) in [5, 5.41) is 10.9. The minimum absolute atomic E-state index is 0.540. The topological polar surface area (TPSA) is 40.7 Å². The highest BCUT2D eigenvalue weighted by Gasteiger charge is 2.16. The molecule has 2 heterocycles. The van der Waals surface area contributed by atoms with Crippen LogP contribution in [0.2, 0.25) is 0 Å². The van der Waals surface area contributed by atoms with Crippen LogP contribution in [0.5, 0.6) is 0 Å². The first-order chi connectivity index (χ1) is 6.29. The van der Waals surface area contributed by atoms with E-state index in [1.807, 2.05) is 0 Å².